The van der Waals surface area contributed by atoms with Crippen LogP contribution in [0.5, 0.6) is 0 Å². The van der Waals surface area contributed by atoms with Gasteiger partial charge in [-0.05, 0) is 0 Å². The molecular weight excluding hydrogens is 830 g/mol. The number of quaternary nitrogens is 2. The van der Waals surface area contributed by atoms with Crippen LogP contribution in [0.4, 0.5) is 0 Å². The van der Waals surface area contributed by atoms with Crippen molar-refractivity contribution in [3.63, 3.8) is 0 Å². The summed E-state index contributed by atoms with van der Waals surface area (Å²) in [5.74, 6) is 0. The maximum atomic E-state index is 10.4. The van der Waals surface area contributed by atoms with Crippen LogP contribution in [0.3, 0.4) is 0 Å². The zero-order chi connectivity index (χ0) is 20.3. The Labute approximate surface area is 190 Å². The molecule has 0 bridgehead atoms. The first-order valence-corrected chi connectivity index (χ1v) is 12.4. The predicted octanol–water partition coefficient (Wildman–Crippen LogP) is -9.01. The van der Waals surface area contributed by atoms with Gasteiger partial charge in [0.15, 0.2) is 26.2 Å². The fourth-order valence-electron chi connectivity index (χ4n) is 1.64. The molecule has 0 aliphatic heterocycles. The van der Waals surface area contributed by atoms with Crippen LogP contribution in [0.2, 0.25) is 0 Å². The van der Waals surface area contributed by atoms with E-state index in [2.05, 4.69) is 0 Å². The molecule has 0 fully saturated rings. The Balaban J connectivity index is -0.000000173. The number of nitrogens with one attached hydrogen (secondary N) is 2. The average molecular weight is 849 g/mol. The molecule has 0 aliphatic rings. The molecule has 26 heavy (non-hydrogen) atoms. The van der Waals surface area contributed by atoms with Crippen molar-refractivity contribution in [2.24, 2.45) is 0 Å². The quantitative estimate of drug-likeness (QED) is 0.144. The molecule has 4 N–H and O–H groups in total. The van der Waals surface area contributed by atoms with Crippen molar-refractivity contribution >= 4 is 85.0 Å². The van der Waals surface area contributed by atoms with E-state index in [9.17, 15) is 47.6 Å². The van der Waals surface area contributed by atoms with Crippen LogP contribution in [0.15, 0.2) is 0 Å². The van der Waals surface area contributed by atoms with Gasteiger partial charge < -0.3 is 67.2 Å². The summed E-state index contributed by atoms with van der Waals surface area (Å²) in [6, 6.07) is 0. The first-order valence-electron chi connectivity index (χ1n) is 5.84. The van der Waals surface area contributed by atoms with Gasteiger partial charge in [-0.2, -0.15) is 0 Å². The summed E-state index contributed by atoms with van der Waals surface area (Å²) >= 11 is 0. The molecule has 0 spiro atoms. The van der Waals surface area contributed by atoms with E-state index >= 15 is 0 Å². The Hall–Kier alpha value is 2.36. The Morgan fingerprint density at radius 1 is 0.615 bits per heavy atom. The molecule has 0 saturated heterocycles. The van der Waals surface area contributed by atoms with Crippen molar-refractivity contribution in [3.05, 3.63) is 0 Å². The molecule has 14 nitrogen and oxygen atoms in total. The van der Waals surface area contributed by atoms with Crippen LogP contribution in [-0.4, -0.2) is 104 Å². The molecule has 4 atom stereocenters. The predicted molar refractivity (Wildman–Crippen MR) is 79.6 cm³/mol. The second-order valence-corrected chi connectivity index (χ2v) is 12.4. The summed E-state index contributed by atoms with van der Waals surface area (Å²) in [6.45, 7) is 0. The molecule has 2 unspecified atom stereocenters. The minimum atomic E-state index is -5.32. The Bertz CT molecular complexity index is 497. The van der Waals surface area contributed by atoms with Gasteiger partial charge >= 0.3 is 54.6 Å². The van der Waals surface area contributed by atoms with Crippen molar-refractivity contribution < 1.29 is 67.2 Å². The van der Waals surface area contributed by atoms with Crippen molar-refractivity contribution in [3.8, 4) is 0 Å². The van der Waals surface area contributed by atoms with Crippen molar-refractivity contribution in [1.82, 2.24) is 0 Å². The standard InChI is InChI=1S/2C3H11NO6P2.2Pb/c2*1-4(2)3(11(5,6)7)12(8,9)10;;/h2*3H,1-2H3,(H2,5,6,7)(H2,8,9,10);;/q;;2*+2/p-4. The third-order valence-electron chi connectivity index (χ3n) is 2.25. The van der Waals surface area contributed by atoms with Crippen LogP contribution < -0.4 is 39.2 Å². The van der Waals surface area contributed by atoms with Crippen LogP contribution in [-0.2, 0) is 18.3 Å². The van der Waals surface area contributed by atoms with Crippen molar-refractivity contribution in [2.45, 2.75) is 11.0 Å². The summed E-state index contributed by atoms with van der Waals surface area (Å²) in [5.41, 5.74) is -4.60. The molecule has 0 aromatic heterocycles. The zero-order valence-corrected chi connectivity index (χ0v) is 25.3. The summed E-state index contributed by atoms with van der Waals surface area (Å²) in [4.78, 5) is 78.6. The van der Waals surface area contributed by atoms with E-state index in [4.69, 9.17) is 9.79 Å². The first kappa shape index (κ1) is 35.8. The van der Waals surface area contributed by atoms with Crippen LogP contribution in [0.1, 0.15) is 0 Å². The summed E-state index contributed by atoms with van der Waals surface area (Å²) in [7, 11) is -16.3. The van der Waals surface area contributed by atoms with Crippen molar-refractivity contribution in [2.75, 3.05) is 28.2 Å². The molecule has 0 saturated carbocycles. The normalized spacial score (nSPS) is 19.0. The minimum Gasteiger partial charge on any atom is -0.806 e. The topological polar surface area (TPSA) is 256 Å². The molecule has 0 heterocycles. The fraction of sp³-hybridized carbons (Fsp3) is 1.00. The van der Waals surface area contributed by atoms with Gasteiger partial charge in [0.05, 0.1) is 28.2 Å². The van der Waals surface area contributed by atoms with E-state index in [1.54, 1.807) is 0 Å². The third kappa shape index (κ3) is 14.4. The number of hydrogen-bond donors (Lipinski definition) is 4. The smallest absolute Gasteiger partial charge is 0.806 e. The maximum absolute atomic E-state index is 10.4. The van der Waals surface area contributed by atoms with E-state index in [1.165, 1.54) is 0 Å². The second-order valence-electron chi connectivity index (χ2n) is 5.11. The molecule has 0 aromatic rings. The van der Waals surface area contributed by atoms with Gasteiger partial charge in [0.25, 0.3) is 0 Å². The molecule has 152 valence electrons. The summed E-state index contributed by atoms with van der Waals surface area (Å²) in [6.07, 6.45) is 0. The van der Waals surface area contributed by atoms with Crippen molar-refractivity contribution in [1.29, 1.82) is 0 Å². The van der Waals surface area contributed by atoms with Gasteiger partial charge in [-0.3, -0.25) is 0 Å². The van der Waals surface area contributed by atoms with E-state index < -0.39 is 41.4 Å². The van der Waals surface area contributed by atoms with Gasteiger partial charge in [-0.1, -0.05) is 0 Å². The molecule has 0 rings (SSSR count). The van der Waals surface area contributed by atoms with E-state index in [0.29, 0.717) is 0 Å². The number of rotatable bonds is 6. The SMILES string of the molecule is C[NH+](C)[C@@H](P(=O)([O-])[O-])P(=O)([O-])O.C[NH+](C)[C@H](P(=O)([O-])[O-])P(=O)([O-])O.[Pb+2].[Pb+2]. The molecule has 0 amide bonds. The summed E-state index contributed by atoms with van der Waals surface area (Å²) < 4.78 is 41.5. The minimum absolute atomic E-state index is 0. The van der Waals surface area contributed by atoms with Gasteiger partial charge in [0.1, 0.15) is 0 Å². The first-order chi connectivity index (χ1) is 10.1. The van der Waals surface area contributed by atoms with Crippen LogP contribution in [0.25, 0.3) is 0 Å². The largest absolute Gasteiger partial charge is 2.00 e. The third-order valence-corrected chi connectivity index (χ3v) is 10.2. The molecular formula is C6H18N2O12P4Pb2. The van der Waals surface area contributed by atoms with E-state index in [1.807, 2.05) is 0 Å². The van der Waals surface area contributed by atoms with Gasteiger partial charge in [0.2, 0.25) is 0 Å². The Morgan fingerprint density at radius 2 is 0.769 bits per heavy atom. The van der Waals surface area contributed by atoms with E-state index in [0.717, 1.165) is 28.2 Å². The molecule has 20 heteroatoms. The van der Waals surface area contributed by atoms with Gasteiger partial charge in [-0.25, -0.2) is 0 Å². The average Bonchev–Trinajstić information content (AvgIpc) is 2.03. The second kappa shape index (κ2) is 12.9. The van der Waals surface area contributed by atoms with Crippen LogP contribution >= 0.6 is 30.4 Å². The maximum Gasteiger partial charge on any atom is 2.00 e. The monoisotopic (exact) mass is 850 g/mol. The van der Waals surface area contributed by atoms with Gasteiger partial charge in [0, 0.05) is 15.2 Å². The number of hydrogen-bond acceptors (Lipinski definition) is 10. The zero-order valence-electron chi connectivity index (χ0n) is 13.9. The van der Waals surface area contributed by atoms with E-state index in [-0.39, 0.29) is 64.4 Å². The Kier molecular flexibility index (Phi) is 17.8. The summed E-state index contributed by atoms with van der Waals surface area (Å²) in [5, 5.41) is 0. The Morgan fingerprint density at radius 3 is 0.769 bits per heavy atom. The van der Waals surface area contributed by atoms with Crippen LogP contribution in [0, 0.1) is 0 Å². The fourth-order valence-corrected chi connectivity index (χ4v) is 7.07. The molecule has 0 aromatic carbocycles. The molecule has 0 aliphatic carbocycles. The van der Waals surface area contributed by atoms with Gasteiger partial charge in [-0.15, -0.1) is 0 Å². The molecule has 4 radical (unpaired) electrons.